The Morgan fingerprint density at radius 2 is 2.05 bits per heavy atom. The molecule has 0 aromatic rings. The number of rotatable bonds is 4. The average molecular weight is 300 g/mol. The number of likely N-dealkylation sites (tertiary alicyclic amines) is 1. The Labute approximate surface area is 127 Å². The number of alkyl carbamates (subject to hydrolysis) is 1. The van der Waals surface area contributed by atoms with Gasteiger partial charge in [0.2, 0.25) is 0 Å². The Kier molecular flexibility index (Phi) is 6.45. The quantitative estimate of drug-likeness (QED) is 0.802. The molecule has 1 N–H and O–H groups in total. The number of esters is 1. The molecule has 1 fully saturated rings. The van der Waals surface area contributed by atoms with E-state index >= 15 is 0 Å². The fourth-order valence-corrected chi connectivity index (χ4v) is 2.48. The highest BCUT2D eigenvalue weighted by atomic mass is 16.6. The summed E-state index contributed by atoms with van der Waals surface area (Å²) in [5.74, 6) is -0.354. The van der Waals surface area contributed by atoms with Crippen LogP contribution in [0.3, 0.4) is 0 Å². The summed E-state index contributed by atoms with van der Waals surface area (Å²) in [5.41, 5.74) is -0.488. The van der Waals surface area contributed by atoms with Crippen LogP contribution >= 0.6 is 0 Å². The first-order valence-electron chi connectivity index (χ1n) is 7.51. The molecule has 1 rings (SSSR count). The van der Waals surface area contributed by atoms with E-state index in [4.69, 9.17) is 9.47 Å². The molecule has 0 unspecified atom stereocenters. The number of nitrogens with one attached hydrogen (secondary N) is 1. The minimum Gasteiger partial charge on any atom is -0.469 e. The van der Waals surface area contributed by atoms with Crippen molar-refractivity contribution in [1.82, 2.24) is 10.2 Å². The van der Waals surface area contributed by atoms with Crippen LogP contribution in [0.2, 0.25) is 0 Å². The molecule has 0 radical (unpaired) electrons. The standard InChI is InChI=1S/C15H28N2O4/c1-11(13(18)20-5)9-17-8-6-7-12(10-17)16-14(19)21-15(2,3)4/h11-12H,6-10H2,1-5H3,(H,16,19)/t11-,12-/m0/s1. The second kappa shape index (κ2) is 7.64. The number of hydrogen-bond donors (Lipinski definition) is 1. The third kappa shape index (κ3) is 6.80. The van der Waals surface area contributed by atoms with Crippen LogP contribution in [0.1, 0.15) is 40.5 Å². The van der Waals surface area contributed by atoms with E-state index in [-0.39, 0.29) is 24.0 Å². The maximum atomic E-state index is 11.8. The van der Waals surface area contributed by atoms with Crippen LogP contribution in [-0.2, 0) is 14.3 Å². The van der Waals surface area contributed by atoms with Crippen LogP contribution in [0.15, 0.2) is 0 Å². The zero-order valence-electron chi connectivity index (χ0n) is 13.8. The molecule has 0 saturated carbocycles. The zero-order chi connectivity index (χ0) is 16.0. The van der Waals surface area contributed by atoms with Crippen molar-refractivity contribution in [1.29, 1.82) is 0 Å². The van der Waals surface area contributed by atoms with Gasteiger partial charge in [-0.05, 0) is 40.2 Å². The van der Waals surface area contributed by atoms with Crippen molar-refractivity contribution in [3.05, 3.63) is 0 Å². The van der Waals surface area contributed by atoms with Crippen molar-refractivity contribution in [2.24, 2.45) is 5.92 Å². The van der Waals surface area contributed by atoms with E-state index in [9.17, 15) is 9.59 Å². The van der Waals surface area contributed by atoms with Crippen LogP contribution in [0, 0.1) is 5.92 Å². The van der Waals surface area contributed by atoms with Crippen LogP contribution in [-0.4, -0.2) is 55.3 Å². The number of methoxy groups -OCH3 is 1. The number of nitrogens with zero attached hydrogens (tertiary/aromatic N) is 1. The molecule has 1 aliphatic heterocycles. The summed E-state index contributed by atoms with van der Waals surface area (Å²) < 4.78 is 10.0. The van der Waals surface area contributed by atoms with Crippen molar-refractivity contribution in [2.75, 3.05) is 26.7 Å². The highest BCUT2D eigenvalue weighted by Gasteiger charge is 2.26. The van der Waals surface area contributed by atoms with Crippen LogP contribution in [0.5, 0.6) is 0 Å². The van der Waals surface area contributed by atoms with Gasteiger partial charge in [-0.15, -0.1) is 0 Å². The lowest BCUT2D eigenvalue weighted by molar-refractivity contribution is -0.145. The lowest BCUT2D eigenvalue weighted by Gasteiger charge is -2.34. The summed E-state index contributed by atoms with van der Waals surface area (Å²) in [4.78, 5) is 25.4. The molecular formula is C15H28N2O4. The lowest BCUT2D eigenvalue weighted by Crippen LogP contribution is -2.50. The summed E-state index contributed by atoms with van der Waals surface area (Å²) in [6.45, 7) is 9.72. The molecule has 0 bridgehead atoms. The second-order valence-corrected chi connectivity index (χ2v) is 6.67. The summed E-state index contributed by atoms with van der Waals surface area (Å²) in [7, 11) is 1.40. The predicted molar refractivity (Wildman–Crippen MR) is 80.0 cm³/mol. The first-order chi connectivity index (χ1) is 9.71. The van der Waals surface area contributed by atoms with Crippen LogP contribution in [0.4, 0.5) is 4.79 Å². The van der Waals surface area contributed by atoms with Gasteiger partial charge >= 0.3 is 12.1 Å². The van der Waals surface area contributed by atoms with Gasteiger partial charge in [0.05, 0.1) is 13.0 Å². The minimum absolute atomic E-state index is 0.0680. The predicted octanol–water partition coefficient (Wildman–Crippen LogP) is 1.78. The summed E-state index contributed by atoms with van der Waals surface area (Å²) >= 11 is 0. The Hall–Kier alpha value is -1.30. The van der Waals surface area contributed by atoms with Crippen molar-refractivity contribution in [2.45, 2.75) is 52.2 Å². The molecule has 0 aromatic heterocycles. The van der Waals surface area contributed by atoms with E-state index in [1.165, 1.54) is 7.11 Å². The molecule has 122 valence electrons. The third-order valence-corrected chi connectivity index (χ3v) is 3.36. The minimum atomic E-state index is -0.488. The van der Waals surface area contributed by atoms with Gasteiger partial charge in [0.15, 0.2) is 0 Å². The smallest absolute Gasteiger partial charge is 0.407 e. The highest BCUT2D eigenvalue weighted by molar-refractivity contribution is 5.72. The van der Waals surface area contributed by atoms with Gasteiger partial charge in [0.1, 0.15) is 5.60 Å². The first-order valence-corrected chi connectivity index (χ1v) is 7.51. The average Bonchev–Trinajstić information content (AvgIpc) is 2.35. The molecule has 0 aliphatic carbocycles. The zero-order valence-corrected chi connectivity index (χ0v) is 13.8. The van der Waals surface area contributed by atoms with E-state index in [0.717, 1.165) is 25.9 Å². The third-order valence-electron chi connectivity index (χ3n) is 3.36. The van der Waals surface area contributed by atoms with E-state index in [1.54, 1.807) is 0 Å². The molecule has 0 aromatic carbocycles. The number of carbonyl (C=O) groups is 2. The highest BCUT2D eigenvalue weighted by Crippen LogP contribution is 2.14. The van der Waals surface area contributed by atoms with Gasteiger partial charge in [-0.1, -0.05) is 6.92 Å². The molecule has 0 spiro atoms. The van der Waals surface area contributed by atoms with Gasteiger partial charge in [-0.25, -0.2) is 4.79 Å². The number of carbonyl (C=O) groups excluding carboxylic acids is 2. The van der Waals surface area contributed by atoms with Gasteiger partial charge < -0.3 is 19.7 Å². The maximum Gasteiger partial charge on any atom is 0.407 e. The summed E-state index contributed by atoms with van der Waals surface area (Å²) in [5, 5.41) is 2.90. The van der Waals surface area contributed by atoms with Crippen molar-refractivity contribution in [3.63, 3.8) is 0 Å². The number of ether oxygens (including phenoxy) is 2. The van der Waals surface area contributed by atoms with Gasteiger partial charge in [-0.2, -0.15) is 0 Å². The molecule has 6 nitrogen and oxygen atoms in total. The molecule has 6 heteroatoms. The molecule has 21 heavy (non-hydrogen) atoms. The SMILES string of the molecule is COC(=O)[C@@H](C)CN1CCC[C@H](NC(=O)OC(C)(C)C)C1. The number of piperidine rings is 1. The fourth-order valence-electron chi connectivity index (χ4n) is 2.48. The Balaban J connectivity index is 2.42. The van der Waals surface area contributed by atoms with Crippen molar-refractivity contribution in [3.8, 4) is 0 Å². The Morgan fingerprint density at radius 3 is 2.62 bits per heavy atom. The summed E-state index contributed by atoms with van der Waals surface area (Å²) in [6.07, 6.45) is 1.55. The Bertz CT molecular complexity index is 365. The van der Waals surface area contributed by atoms with E-state index in [0.29, 0.717) is 6.54 Å². The Morgan fingerprint density at radius 1 is 1.38 bits per heavy atom. The van der Waals surface area contributed by atoms with Gasteiger partial charge in [0, 0.05) is 19.1 Å². The fraction of sp³-hybridized carbons (Fsp3) is 0.867. The second-order valence-electron chi connectivity index (χ2n) is 6.67. The number of hydrogen-bond acceptors (Lipinski definition) is 5. The van der Waals surface area contributed by atoms with Crippen LogP contribution in [0.25, 0.3) is 0 Å². The topological polar surface area (TPSA) is 67.9 Å². The van der Waals surface area contributed by atoms with E-state index in [1.807, 2.05) is 27.7 Å². The van der Waals surface area contributed by atoms with E-state index < -0.39 is 5.60 Å². The van der Waals surface area contributed by atoms with Gasteiger partial charge in [0.25, 0.3) is 0 Å². The molecular weight excluding hydrogens is 272 g/mol. The van der Waals surface area contributed by atoms with Crippen molar-refractivity contribution < 1.29 is 19.1 Å². The molecule has 1 aliphatic rings. The largest absolute Gasteiger partial charge is 0.469 e. The van der Waals surface area contributed by atoms with Crippen LogP contribution < -0.4 is 5.32 Å². The molecule has 2 atom stereocenters. The molecule has 1 saturated heterocycles. The van der Waals surface area contributed by atoms with Gasteiger partial charge in [-0.3, -0.25) is 4.79 Å². The normalized spacial score (nSPS) is 21.5. The monoisotopic (exact) mass is 300 g/mol. The summed E-state index contributed by atoms with van der Waals surface area (Å²) in [6, 6.07) is 0.0680. The maximum absolute atomic E-state index is 11.8. The molecule has 1 amide bonds. The number of amides is 1. The lowest BCUT2D eigenvalue weighted by atomic mass is 10.0. The molecule has 1 heterocycles. The van der Waals surface area contributed by atoms with E-state index in [2.05, 4.69) is 10.2 Å². The van der Waals surface area contributed by atoms with Crippen molar-refractivity contribution >= 4 is 12.1 Å². The first kappa shape index (κ1) is 17.8.